The number of carbonyl (C=O) groups excluding carboxylic acids is 1. The van der Waals surface area contributed by atoms with Crippen molar-refractivity contribution in [2.45, 2.75) is 65.5 Å². The van der Waals surface area contributed by atoms with Crippen LogP contribution in [0.4, 0.5) is 0 Å². The highest BCUT2D eigenvalue weighted by molar-refractivity contribution is 9.10. The molecule has 4 nitrogen and oxygen atoms in total. The first-order valence-corrected chi connectivity index (χ1v) is 7.72. The molecule has 1 unspecified atom stereocenters. The molecule has 1 aromatic heterocycles. The van der Waals surface area contributed by atoms with Gasteiger partial charge in [-0.3, -0.25) is 9.48 Å². The predicted molar refractivity (Wildman–Crippen MR) is 81.2 cm³/mol. The van der Waals surface area contributed by atoms with Gasteiger partial charge in [0.1, 0.15) is 0 Å². The van der Waals surface area contributed by atoms with Crippen molar-refractivity contribution < 1.29 is 4.79 Å². The molecule has 2 N–H and O–H groups in total. The Morgan fingerprint density at radius 2 is 2.05 bits per heavy atom. The van der Waals surface area contributed by atoms with Gasteiger partial charge in [0.05, 0.1) is 27.8 Å². The van der Waals surface area contributed by atoms with E-state index in [1.807, 2.05) is 25.5 Å². The fraction of sp³-hybridized carbons (Fsp3) is 0.714. The molecule has 1 rings (SSSR count). The van der Waals surface area contributed by atoms with Gasteiger partial charge < -0.3 is 5.73 Å². The Morgan fingerprint density at radius 1 is 1.42 bits per heavy atom. The quantitative estimate of drug-likeness (QED) is 0.836. The first-order chi connectivity index (χ1) is 8.87. The highest BCUT2D eigenvalue weighted by Crippen LogP contribution is 2.24. The summed E-state index contributed by atoms with van der Waals surface area (Å²) < 4.78 is 2.85. The Morgan fingerprint density at radius 3 is 2.53 bits per heavy atom. The predicted octanol–water partition coefficient (Wildman–Crippen LogP) is 2.86. The standard InChI is InChI=1S/C14H24BrN3O/c1-5-8-14(4,16)12(19)9-11-13(15)10(6-2)17-18(11)7-3/h5-9,16H2,1-4H3. The van der Waals surface area contributed by atoms with Gasteiger partial charge in [0.25, 0.3) is 0 Å². The van der Waals surface area contributed by atoms with Crippen molar-refractivity contribution in [3.63, 3.8) is 0 Å². The van der Waals surface area contributed by atoms with Crippen LogP contribution in [0, 0.1) is 0 Å². The van der Waals surface area contributed by atoms with Gasteiger partial charge in [0.15, 0.2) is 5.78 Å². The third-order valence-electron chi connectivity index (χ3n) is 3.43. The maximum Gasteiger partial charge on any atom is 0.158 e. The number of aromatic nitrogens is 2. The molecule has 0 aliphatic carbocycles. The minimum Gasteiger partial charge on any atom is -0.319 e. The average Bonchev–Trinajstić information content (AvgIpc) is 2.66. The van der Waals surface area contributed by atoms with E-state index in [0.29, 0.717) is 12.8 Å². The number of halogens is 1. The minimum atomic E-state index is -0.747. The number of carbonyl (C=O) groups is 1. The van der Waals surface area contributed by atoms with E-state index in [4.69, 9.17) is 5.73 Å². The van der Waals surface area contributed by atoms with Gasteiger partial charge in [-0.05, 0) is 42.6 Å². The van der Waals surface area contributed by atoms with E-state index in [-0.39, 0.29) is 5.78 Å². The highest BCUT2D eigenvalue weighted by Gasteiger charge is 2.29. The summed E-state index contributed by atoms with van der Waals surface area (Å²) in [6.07, 6.45) is 2.82. The van der Waals surface area contributed by atoms with E-state index < -0.39 is 5.54 Å². The summed E-state index contributed by atoms with van der Waals surface area (Å²) in [5.41, 5.74) is 7.30. The van der Waals surface area contributed by atoms with Crippen LogP contribution in [-0.4, -0.2) is 21.1 Å². The van der Waals surface area contributed by atoms with E-state index in [2.05, 4.69) is 28.0 Å². The summed E-state index contributed by atoms with van der Waals surface area (Å²) in [7, 11) is 0. The monoisotopic (exact) mass is 329 g/mol. The van der Waals surface area contributed by atoms with Crippen molar-refractivity contribution in [1.29, 1.82) is 0 Å². The highest BCUT2D eigenvalue weighted by atomic mass is 79.9. The van der Waals surface area contributed by atoms with Crippen molar-refractivity contribution in [1.82, 2.24) is 9.78 Å². The lowest BCUT2D eigenvalue weighted by Gasteiger charge is -2.22. The van der Waals surface area contributed by atoms with Gasteiger partial charge in [0.2, 0.25) is 0 Å². The lowest BCUT2D eigenvalue weighted by Crippen LogP contribution is -2.45. The van der Waals surface area contributed by atoms with Crippen molar-refractivity contribution in [3.05, 3.63) is 15.9 Å². The fourth-order valence-electron chi connectivity index (χ4n) is 2.20. The van der Waals surface area contributed by atoms with E-state index in [0.717, 1.165) is 35.2 Å². The van der Waals surface area contributed by atoms with E-state index in [1.54, 1.807) is 0 Å². The fourth-order valence-corrected chi connectivity index (χ4v) is 2.90. The van der Waals surface area contributed by atoms with Crippen LogP contribution in [0.5, 0.6) is 0 Å². The Balaban J connectivity index is 2.99. The van der Waals surface area contributed by atoms with Crippen LogP contribution in [0.25, 0.3) is 0 Å². The molecule has 0 radical (unpaired) electrons. The smallest absolute Gasteiger partial charge is 0.158 e. The normalized spacial score (nSPS) is 14.4. The zero-order chi connectivity index (χ0) is 14.6. The Kier molecular flexibility index (Phi) is 5.74. The third kappa shape index (κ3) is 3.66. The van der Waals surface area contributed by atoms with Gasteiger partial charge in [-0.1, -0.05) is 20.3 Å². The number of nitrogens with two attached hydrogens (primary N) is 1. The summed E-state index contributed by atoms with van der Waals surface area (Å²) >= 11 is 3.56. The molecule has 0 saturated heterocycles. The summed E-state index contributed by atoms with van der Waals surface area (Å²) in [4.78, 5) is 12.4. The molecule has 0 bridgehead atoms. The molecule has 1 aromatic rings. The third-order valence-corrected chi connectivity index (χ3v) is 4.34. The SMILES string of the molecule is CCCC(C)(N)C(=O)Cc1c(Br)c(CC)nn1CC. The topological polar surface area (TPSA) is 60.9 Å². The Labute approximate surface area is 123 Å². The number of rotatable bonds is 7. The van der Waals surface area contributed by atoms with Crippen molar-refractivity contribution in [3.8, 4) is 0 Å². The molecule has 0 saturated carbocycles. The van der Waals surface area contributed by atoms with Crippen LogP contribution in [-0.2, 0) is 24.2 Å². The van der Waals surface area contributed by atoms with E-state index >= 15 is 0 Å². The molecule has 0 amide bonds. The first-order valence-electron chi connectivity index (χ1n) is 6.93. The molecule has 5 heteroatoms. The van der Waals surface area contributed by atoms with Gasteiger partial charge in [-0.25, -0.2) is 0 Å². The molecule has 0 spiro atoms. The summed E-state index contributed by atoms with van der Waals surface area (Å²) in [6, 6.07) is 0. The van der Waals surface area contributed by atoms with Crippen LogP contribution < -0.4 is 5.73 Å². The molecule has 0 aromatic carbocycles. The zero-order valence-electron chi connectivity index (χ0n) is 12.3. The number of nitrogens with zero attached hydrogens (tertiary/aromatic N) is 2. The summed E-state index contributed by atoms with van der Waals surface area (Å²) in [5, 5.41) is 4.50. The molecule has 108 valence electrons. The second-order valence-corrected chi connectivity index (χ2v) is 5.94. The second kappa shape index (κ2) is 6.66. The number of ketones is 1. The molecule has 1 atom stereocenters. The van der Waals surface area contributed by atoms with E-state index in [1.165, 1.54) is 0 Å². The number of hydrogen-bond acceptors (Lipinski definition) is 3. The minimum absolute atomic E-state index is 0.0762. The second-order valence-electron chi connectivity index (χ2n) is 5.14. The molecule has 0 fully saturated rings. The van der Waals surface area contributed by atoms with Crippen LogP contribution >= 0.6 is 15.9 Å². The van der Waals surface area contributed by atoms with Crippen molar-refractivity contribution >= 4 is 21.7 Å². The number of hydrogen-bond donors (Lipinski definition) is 1. The van der Waals surface area contributed by atoms with Crippen LogP contribution in [0.3, 0.4) is 0 Å². The molecule has 1 heterocycles. The summed E-state index contributed by atoms with van der Waals surface area (Å²) in [5.74, 6) is 0.0762. The molecular weight excluding hydrogens is 306 g/mol. The molecule has 19 heavy (non-hydrogen) atoms. The number of Topliss-reactive ketones (excluding diaryl/α,β-unsaturated/α-hetero) is 1. The molecular formula is C14H24BrN3O. The Hall–Kier alpha value is -0.680. The first kappa shape index (κ1) is 16.4. The van der Waals surface area contributed by atoms with Gasteiger partial charge in [-0.15, -0.1) is 0 Å². The summed E-state index contributed by atoms with van der Waals surface area (Å²) in [6.45, 7) is 8.71. The van der Waals surface area contributed by atoms with E-state index in [9.17, 15) is 4.79 Å². The van der Waals surface area contributed by atoms with Crippen molar-refractivity contribution in [2.75, 3.05) is 0 Å². The maximum absolute atomic E-state index is 12.4. The molecule has 0 aliphatic heterocycles. The lowest BCUT2D eigenvalue weighted by atomic mass is 9.89. The zero-order valence-corrected chi connectivity index (χ0v) is 13.9. The largest absolute Gasteiger partial charge is 0.319 e. The van der Waals surface area contributed by atoms with Gasteiger partial charge in [0, 0.05) is 6.54 Å². The van der Waals surface area contributed by atoms with Crippen LogP contribution in [0.2, 0.25) is 0 Å². The van der Waals surface area contributed by atoms with Crippen LogP contribution in [0.1, 0.15) is 51.9 Å². The van der Waals surface area contributed by atoms with Crippen molar-refractivity contribution in [2.24, 2.45) is 5.73 Å². The van der Waals surface area contributed by atoms with Gasteiger partial charge >= 0.3 is 0 Å². The lowest BCUT2D eigenvalue weighted by molar-refractivity contribution is -0.123. The van der Waals surface area contributed by atoms with Gasteiger partial charge in [-0.2, -0.15) is 5.10 Å². The maximum atomic E-state index is 12.4. The number of aryl methyl sites for hydroxylation is 2. The average molecular weight is 330 g/mol. The Bertz CT molecular complexity index is 452. The van der Waals surface area contributed by atoms with Crippen LogP contribution in [0.15, 0.2) is 4.47 Å². The molecule has 0 aliphatic rings.